The molecule has 8 heteroatoms. The summed E-state index contributed by atoms with van der Waals surface area (Å²) in [5, 5.41) is 15.1. The van der Waals surface area contributed by atoms with E-state index >= 15 is 0 Å². The van der Waals surface area contributed by atoms with E-state index < -0.39 is 0 Å². The summed E-state index contributed by atoms with van der Waals surface area (Å²) in [5.74, 6) is 1.33. The summed E-state index contributed by atoms with van der Waals surface area (Å²) in [4.78, 5) is 12.3. The predicted octanol–water partition coefficient (Wildman–Crippen LogP) is 5.14. The smallest absolute Gasteiger partial charge is 0.234 e. The van der Waals surface area contributed by atoms with Crippen LogP contribution in [0, 0.1) is 0 Å². The number of rotatable bonds is 8. The fourth-order valence-corrected chi connectivity index (χ4v) is 4.14. The van der Waals surface area contributed by atoms with Gasteiger partial charge in [-0.25, -0.2) is 0 Å². The molecule has 2 N–H and O–H groups in total. The summed E-state index contributed by atoms with van der Waals surface area (Å²) < 4.78 is 5.95. The van der Waals surface area contributed by atoms with Crippen molar-refractivity contribution in [2.24, 2.45) is 0 Å². The number of carbonyl (C=O) groups is 1. The number of para-hydroxylation sites is 1. The number of amides is 1. The van der Waals surface area contributed by atoms with Gasteiger partial charge in [0.1, 0.15) is 5.75 Å². The highest BCUT2D eigenvalue weighted by Crippen LogP contribution is 2.29. The number of thioether (sulfide) groups is 1. The normalized spacial score (nSPS) is 10.7. The summed E-state index contributed by atoms with van der Waals surface area (Å²) in [7, 11) is 1.63. The molecule has 146 valence electrons. The van der Waals surface area contributed by atoms with Gasteiger partial charge < -0.3 is 15.4 Å². The van der Waals surface area contributed by atoms with Gasteiger partial charge in [0.15, 0.2) is 4.34 Å². The third-order valence-corrected chi connectivity index (χ3v) is 5.88. The zero-order chi connectivity index (χ0) is 19.9. The number of anilines is 3. The van der Waals surface area contributed by atoms with Crippen LogP contribution >= 0.6 is 23.1 Å². The second-order valence-electron chi connectivity index (χ2n) is 6.31. The minimum absolute atomic E-state index is 0.0596. The van der Waals surface area contributed by atoms with Crippen molar-refractivity contribution >= 4 is 45.5 Å². The number of hydrogen-bond donors (Lipinski definition) is 2. The van der Waals surface area contributed by atoms with E-state index in [1.54, 1.807) is 7.11 Å². The molecule has 1 aromatic heterocycles. The quantitative estimate of drug-likeness (QED) is 0.497. The predicted molar refractivity (Wildman–Crippen MR) is 116 cm³/mol. The van der Waals surface area contributed by atoms with Gasteiger partial charge in [-0.3, -0.25) is 4.79 Å². The first-order valence-electron chi connectivity index (χ1n) is 8.81. The molecule has 0 radical (unpaired) electrons. The van der Waals surface area contributed by atoms with Gasteiger partial charge in [0.25, 0.3) is 0 Å². The number of methoxy groups -OCH3 is 1. The van der Waals surface area contributed by atoms with Gasteiger partial charge in [-0.05, 0) is 29.7 Å². The maximum Gasteiger partial charge on any atom is 0.234 e. The summed E-state index contributed by atoms with van der Waals surface area (Å²) in [6, 6.07) is 15.5. The molecule has 3 rings (SSSR count). The van der Waals surface area contributed by atoms with Crippen LogP contribution in [0.5, 0.6) is 5.75 Å². The lowest BCUT2D eigenvalue weighted by atomic mass is 10.0. The molecule has 3 aromatic rings. The molecule has 0 saturated carbocycles. The van der Waals surface area contributed by atoms with Crippen molar-refractivity contribution in [3.63, 3.8) is 0 Å². The highest BCUT2D eigenvalue weighted by Gasteiger charge is 2.12. The topological polar surface area (TPSA) is 76.1 Å². The molecule has 0 saturated heterocycles. The molecule has 2 aromatic carbocycles. The monoisotopic (exact) mass is 414 g/mol. The molecule has 0 aliphatic rings. The molecule has 0 aliphatic heterocycles. The largest absolute Gasteiger partial charge is 0.497 e. The Hall–Kier alpha value is -2.58. The van der Waals surface area contributed by atoms with E-state index in [1.807, 2.05) is 48.5 Å². The van der Waals surface area contributed by atoms with Crippen LogP contribution in [0.3, 0.4) is 0 Å². The van der Waals surface area contributed by atoms with Crippen LogP contribution in [-0.4, -0.2) is 29.0 Å². The summed E-state index contributed by atoms with van der Waals surface area (Å²) in [5.41, 5.74) is 2.86. The lowest BCUT2D eigenvalue weighted by molar-refractivity contribution is -0.113. The number of benzene rings is 2. The lowest BCUT2D eigenvalue weighted by Gasteiger charge is -2.13. The van der Waals surface area contributed by atoms with E-state index in [9.17, 15) is 4.79 Å². The average molecular weight is 415 g/mol. The third-order valence-electron chi connectivity index (χ3n) is 3.91. The van der Waals surface area contributed by atoms with Crippen molar-refractivity contribution in [3.05, 3.63) is 54.1 Å². The van der Waals surface area contributed by atoms with Crippen molar-refractivity contribution in [1.82, 2.24) is 10.2 Å². The first kappa shape index (κ1) is 20.2. The molecule has 0 fully saturated rings. The molecular formula is C20H22N4O2S2. The SMILES string of the molecule is COc1cccc(Nc2nnc(SCC(=O)Nc3ccccc3C(C)C)s2)c1. The maximum atomic E-state index is 12.3. The summed E-state index contributed by atoms with van der Waals surface area (Å²) in [6.45, 7) is 4.22. The molecule has 0 bridgehead atoms. The van der Waals surface area contributed by atoms with E-state index in [0.29, 0.717) is 11.0 Å². The molecule has 0 aliphatic carbocycles. The summed E-state index contributed by atoms with van der Waals surface area (Å²) in [6.07, 6.45) is 0. The van der Waals surface area contributed by atoms with E-state index in [0.717, 1.165) is 27.0 Å². The zero-order valence-electron chi connectivity index (χ0n) is 15.9. The Bertz CT molecular complexity index is 943. The van der Waals surface area contributed by atoms with Crippen LogP contribution in [0.2, 0.25) is 0 Å². The minimum atomic E-state index is -0.0596. The number of ether oxygens (including phenoxy) is 1. The van der Waals surface area contributed by atoms with Crippen molar-refractivity contribution < 1.29 is 9.53 Å². The first-order valence-corrected chi connectivity index (χ1v) is 10.6. The van der Waals surface area contributed by atoms with Crippen molar-refractivity contribution in [1.29, 1.82) is 0 Å². The summed E-state index contributed by atoms with van der Waals surface area (Å²) >= 11 is 2.78. The molecule has 28 heavy (non-hydrogen) atoms. The lowest BCUT2D eigenvalue weighted by Crippen LogP contribution is -2.15. The Balaban J connectivity index is 1.55. The standard InChI is InChI=1S/C20H22N4O2S2/c1-13(2)16-9-4-5-10-17(16)22-18(25)12-27-20-24-23-19(28-20)21-14-7-6-8-15(11-14)26-3/h4-11,13H,12H2,1-3H3,(H,21,23)(H,22,25). The second kappa shape index (κ2) is 9.57. The number of hydrogen-bond acceptors (Lipinski definition) is 7. The number of nitrogens with one attached hydrogen (secondary N) is 2. The van der Waals surface area contributed by atoms with E-state index in [2.05, 4.69) is 34.7 Å². The van der Waals surface area contributed by atoms with Crippen LogP contribution in [0.15, 0.2) is 52.9 Å². The third kappa shape index (κ3) is 5.46. The molecule has 6 nitrogen and oxygen atoms in total. The van der Waals surface area contributed by atoms with Crippen molar-refractivity contribution in [2.75, 3.05) is 23.5 Å². The molecule has 1 amide bonds. The minimum Gasteiger partial charge on any atom is -0.497 e. The fraction of sp³-hybridized carbons (Fsp3) is 0.250. The van der Waals surface area contributed by atoms with Crippen molar-refractivity contribution in [3.8, 4) is 5.75 Å². The highest BCUT2D eigenvalue weighted by molar-refractivity contribution is 8.01. The Morgan fingerprint density at radius 1 is 1.18 bits per heavy atom. The molecule has 0 unspecified atom stereocenters. The van der Waals surface area contributed by atoms with Crippen LogP contribution in [0.25, 0.3) is 0 Å². The fourth-order valence-electron chi connectivity index (χ4n) is 2.57. The highest BCUT2D eigenvalue weighted by atomic mass is 32.2. The van der Waals surface area contributed by atoms with Crippen LogP contribution < -0.4 is 15.4 Å². The van der Waals surface area contributed by atoms with E-state index in [4.69, 9.17) is 4.74 Å². The van der Waals surface area contributed by atoms with Gasteiger partial charge in [-0.15, -0.1) is 10.2 Å². The van der Waals surface area contributed by atoms with Gasteiger partial charge in [0, 0.05) is 17.4 Å². The Morgan fingerprint density at radius 3 is 2.79 bits per heavy atom. The van der Waals surface area contributed by atoms with Crippen LogP contribution in [0.4, 0.5) is 16.5 Å². The number of nitrogens with zero attached hydrogens (tertiary/aromatic N) is 2. The van der Waals surface area contributed by atoms with Gasteiger partial charge in [-0.1, -0.05) is 61.2 Å². The van der Waals surface area contributed by atoms with Crippen LogP contribution in [-0.2, 0) is 4.79 Å². The Kier molecular flexibility index (Phi) is 6.89. The van der Waals surface area contributed by atoms with Gasteiger partial charge in [0.05, 0.1) is 12.9 Å². The van der Waals surface area contributed by atoms with Crippen molar-refractivity contribution in [2.45, 2.75) is 24.1 Å². The van der Waals surface area contributed by atoms with Crippen LogP contribution in [0.1, 0.15) is 25.3 Å². The molecular weight excluding hydrogens is 392 g/mol. The Labute approximate surface area is 172 Å². The maximum absolute atomic E-state index is 12.3. The Morgan fingerprint density at radius 2 is 2.00 bits per heavy atom. The zero-order valence-corrected chi connectivity index (χ0v) is 17.6. The van der Waals surface area contributed by atoms with E-state index in [1.165, 1.54) is 23.1 Å². The average Bonchev–Trinajstić information content (AvgIpc) is 3.14. The molecule has 0 spiro atoms. The molecule has 0 atom stereocenters. The van der Waals surface area contributed by atoms with Gasteiger partial charge >= 0.3 is 0 Å². The van der Waals surface area contributed by atoms with E-state index in [-0.39, 0.29) is 11.7 Å². The molecule has 1 heterocycles. The van der Waals surface area contributed by atoms with Gasteiger partial charge in [-0.2, -0.15) is 0 Å². The van der Waals surface area contributed by atoms with Gasteiger partial charge in [0.2, 0.25) is 11.0 Å². The number of carbonyl (C=O) groups excluding carboxylic acids is 1. The second-order valence-corrected chi connectivity index (χ2v) is 8.51. The number of aromatic nitrogens is 2. The first-order chi connectivity index (χ1) is 13.5.